The number of halogens is 1. The molecule has 0 aliphatic carbocycles. The van der Waals surface area contributed by atoms with Crippen molar-refractivity contribution in [3.63, 3.8) is 0 Å². The van der Waals surface area contributed by atoms with E-state index in [0.29, 0.717) is 5.56 Å². The molecule has 0 unspecified atom stereocenters. The molecule has 0 atom stereocenters. The molecule has 0 saturated heterocycles. The second kappa shape index (κ2) is 5.20. The molecule has 1 nitrogen and oxygen atoms in total. The minimum atomic E-state index is -0.673. The number of carbonyl (C=O) groups excluding carboxylic acids is 1. The maximum absolute atomic E-state index is 13.0. The van der Waals surface area contributed by atoms with Gasteiger partial charge in [-0.25, -0.2) is 4.39 Å². The highest BCUT2D eigenvalue weighted by atomic mass is 19.1. The van der Waals surface area contributed by atoms with Crippen LogP contribution in [0.5, 0.6) is 0 Å². The first-order chi connectivity index (χ1) is 9.30. The third-order valence-corrected chi connectivity index (χ3v) is 3.62. The molecule has 0 radical (unpaired) electrons. The zero-order chi connectivity index (χ0) is 14.9. The number of rotatable bonds is 3. The summed E-state index contributed by atoms with van der Waals surface area (Å²) in [7, 11) is 0. The Morgan fingerprint density at radius 3 is 1.95 bits per heavy atom. The van der Waals surface area contributed by atoms with Crippen LogP contribution in [-0.2, 0) is 5.41 Å². The van der Waals surface area contributed by atoms with Crippen LogP contribution in [0, 0.1) is 19.7 Å². The van der Waals surface area contributed by atoms with Gasteiger partial charge >= 0.3 is 0 Å². The van der Waals surface area contributed by atoms with E-state index in [1.54, 1.807) is 12.1 Å². The summed E-state index contributed by atoms with van der Waals surface area (Å²) in [4.78, 5) is 12.8. The molecule has 2 heteroatoms. The van der Waals surface area contributed by atoms with E-state index in [4.69, 9.17) is 0 Å². The molecule has 0 amide bonds. The number of ketones is 1. The van der Waals surface area contributed by atoms with Crippen LogP contribution in [0.2, 0.25) is 0 Å². The third-order valence-electron chi connectivity index (χ3n) is 3.62. The van der Waals surface area contributed by atoms with Crippen molar-refractivity contribution in [2.45, 2.75) is 33.1 Å². The van der Waals surface area contributed by atoms with Crippen molar-refractivity contribution in [1.29, 1.82) is 0 Å². The van der Waals surface area contributed by atoms with Crippen molar-refractivity contribution in [3.8, 4) is 0 Å². The Bertz CT molecular complexity index is 619. The molecule has 0 fully saturated rings. The van der Waals surface area contributed by atoms with E-state index in [9.17, 15) is 9.18 Å². The van der Waals surface area contributed by atoms with Gasteiger partial charge in [-0.15, -0.1) is 0 Å². The Hall–Kier alpha value is -1.96. The molecule has 20 heavy (non-hydrogen) atoms. The van der Waals surface area contributed by atoms with Gasteiger partial charge in [-0.3, -0.25) is 4.79 Å². The van der Waals surface area contributed by atoms with Crippen molar-refractivity contribution >= 4 is 5.78 Å². The normalized spacial score (nSPS) is 11.4. The fraction of sp³-hybridized carbons (Fsp3) is 0.278. The summed E-state index contributed by atoms with van der Waals surface area (Å²) in [5, 5.41) is 0. The lowest BCUT2D eigenvalue weighted by Gasteiger charge is -2.24. The Kier molecular flexibility index (Phi) is 3.76. The molecule has 104 valence electrons. The van der Waals surface area contributed by atoms with Gasteiger partial charge < -0.3 is 0 Å². The molecule has 0 saturated carbocycles. The second-order valence-corrected chi connectivity index (χ2v) is 5.84. The maximum atomic E-state index is 13.0. The minimum Gasteiger partial charge on any atom is -0.293 e. The van der Waals surface area contributed by atoms with Crippen molar-refractivity contribution in [2.75, 3.05) is 0 Å². The van der Waals surface area contributed by atoms with E-state index in [1.165, 1.54) is 12.1 Å². The van der Waals surface area contributed by atoms with Crippen LogP contribution >= 0.6 is 0 Å². The number of Topliss-reactive ketones (excluding diaryl/α,β-unsaturated/α-hetero) is 1. The molecule has 0 spiro atoms. The van der Waals surface area contributed by atoms with Gasteiger partial charge in [0.05, 0.1) is 5.41 Å². The average Bonchev–Trinajstić information content (AvgIpc) is 2.37. The monoisotopic (exact) mass is 270 g/mol. The van der Waals surface area contributed by atoms with Crippen LogP contribution in [0.1, 0.15) is 40.9 Å². The number of hydrogen-bond acceptors (Lipinski definition) is 1. The molecule has 0 bridgehead atoms. The SMILES string of the molecule is Cc1cc(C)cc(C(=O)C(C)(C)c2ccc(F)cc2)c1. The first kappa shape index (κ1) is 14.4. The molecule has 0 aliphatic rings. The zero-order valence-electron chi connectivity index (χ0n) is 12.3. The van der Waals surface area contributed by atoms with Crippen LogP contribution in [0.3, 0.4) is 0 Å². The first-order valence-corrected chi connectivity index (χ1v) is 6.70. The molecular formula is C18H19FO. The quantitative estimate of drug-likeness (QED) is 0.745. The van der Waals surface area contributed by atoms with E-state index in [-0.39, 0.29) is 11.6 Å². The Balaban J connectivity index is 2.42. The molecular weight excluding hydrogens is 251 g/mol. The van der Waals surface area contributed by atoms with Crippen LogP contribution in [0.25, 0.3) is 0 Å². The third kappa shape index (κ3) is 2.79. The predicted octanol–water partition coefficient (Wildman–Crippen LogP) is 4.60. The fourth-order valence-electron chi connectivity index (χ4n) is 2.46. The van der Waals surface area contributed by atoms with Gasteiger partial charge in [0.25, 0.3) is 0 Å². The lowest BCUT2D eigenvalue weighted by Crippen LogP contribution is -2.29. The average molecular weight is 270 g/mol. The summed E-state index contributed by atoms with van der Waals surface area (Å²) >= 11 is 0. The molecule has 2 rings (SSSR count). The summed E-state index contributed by atoms with van der Waals surface area (Å²) in [6.45, 7) is 7.71. The van der Waals surface area contributed by atoms with E-state index >= 15 is 0 Å². The Morgan fingerprint density at radius 1 is 0.950 bits per heavy atom. The van der Waals surface area contributed by atoms with E-state index in [1.807, 2.05) is 45.9 Å². The summed E-state index contributed by atoms with van der Waals surface area (Å²) in [6.07, 6.45) is 0. The topological polar surface area (TPSA) is 17.1 Å². The van der Waals surface area contributed by atoms with Crippen LogP contribution in [0.15, 0.2) is 42.5 Å². The zero-order valence-corrected chi connectivity index (χ0v) is 12.3. The summed E-state index contributed by atoms with van der Waals surface area (Å²) in [6, 6.07) is 12.0. The summed E-state index contributed by atoms with van der Waals surface area (Å²) < 4.78 is 13.0. The smallest absolute Gasteiger partial charge is 0.172 e. The van der Waals surface area contributed by atoms with Crippen molar-refractivity contribution in [1.82, 2.24) is 0 Å². The van der Waals surface area contributed by atoms with Gasteiger partial charge in [-0.05, 0) is 57.5 Å². The molecule has 0 aromatic heterocycles. The lowest BCUT2D eigenvalue weighted by atomic mass is 9.77. The highest BCUT2D eigenvalue weighted by Crippen LogP contribution is 2.28. The Morgan fingerprint density at radius 2 is 1.45 bits per heavy atom. The highest BCUT2D eigenvalue weighted by molar-refractivity contribution is 6.03. The standard InChI is InChI=1S/C18H19FO/c1-12-9-13(2)11-14(10-12)17(20)18(3,4)15-5-7-16(19)8-6-15/h5-11H,1-4H3. The number of hydrogen-bond donors (Lipinski definition) is 0. The van der Waals surface area contributed by atoms with Crippen molar-refractivity contribution in [3.05, 3.63) is 70.5 Å². The molecule has 0 heterocycles. The summed E-state index contributed by atoms with van der Waals surface area (Å²) in [5.74, 6) is -0.237. The molecule has 0 aliphatic heterocycles. The number of carbonyl (C=O) groups is 1. The summed E-state index contributed by atoms with van der Waals surface area (Å²) in [5.41, 5.74) is 3.00. The van der Waals surface area contributed by atoms with Gasteiger partial charge in [0.15, 0.2) is 5.78 Å². The molecule has 2 aromatic rings. The molecule has 0 N–H and O–H groups in total. The van der Waals surface area contributed by atoms with Gasteiger partial charge in [0, 0.05) is 5.56 Å². The Labute approximate surface area is 119 Å². The number of aryl methyl sites for hydroxylation is 2. The first-order valence-electron chi connectivity index (χ1n) is 6.70. The van der Waals surface area contributed by atoms with E-state index < -0.39 is 5.41 Å². The van der Waals surface area contributed by atoms with Crippen molar-refractivity contribution in [2.24, 2.45) is 0 Å². The van der Waals surface area contributed by atoms with Crippen LogP contribution in [-0.4, -0.2) is 5.78 Å². The predicted molar refractivity (Wildman–Crippen MR) is 79.7 cm³/mol. The fourth-order valence-corrected chi connectivity index (χ4v) is 2.46. The van der Waals surface area contributed by atoms with Gasteiger partial charge in [0.1, 0.15) is 5.82 Å². The maximum Gasteiger partial charge on any atom is 0.172 e. The van der Waals surface area contributed by atoms with Gasteiger partial charge in [-0.2, -0.15) is 0 Å². The second-order valence-electron chi connectivity index (χ2n) is 5.84. The largest absolute Gasteiger partial charge is 0.293 e. The molecule has 2 aromatic carbocycles. The highest BCUT2D eigenvalue weighted by Gasteiger charge is 2.30. The van der Waals surface area contributed by atoms with Crippen LogP contribution < -0.4 is 0 Å². The van der Waals surface area contributed by atoms with E-state index in [0.717, 1.165) is 16.7 Å². The van der Waals surface area contributed by atoms with Gasteiger partial charge in [-0.1, -0.05) is 29.3 Å². The van der Waals surface area contributed by atoms with Gasteiger partial charge in [0.2, 0.25) is 0 Å². The van der Waals surface area contributed by atoms with Crippen LogP contribution in [0.4, 0.5) is 4.39 Å². The number of benzene rings is 2. The van der Waals surface area contributed by atoms with Crippen molar-refractivity contribution < 1.29 is 9.18 Å². The van der Waals surface area contributed by atoms with E-state index in [2.05, 4.69) is 0 Å². The minimum absolute atomic E-state index is 0.0518. The lowest BCUT2D eigenvalue weighted by molar-refractivity contribution is 0.0908.